The fourth-order valence-electron chi connectivity index (χ4n) is 3.43. The molecule has 0 aromatic heterocycles. The molecule has 1 aliphatic rings. The zero-order chi connectivity index (χ0) is 18.0. The molecule has 0 aliphatic heterocycles. The second-order valence-electron chi connectivity index (χ2n) is 6.75. The average molecular weight is 358 g/mol. The summed E-state index contributed by atoms with van der Waals surface area (Å²) in [6.07, 6.45) is -4.83. The third kappa shape index (κ3) is 5.33. The Balaban J connectivity index is 2.84. The van der Waals surface area contributed by atoms with Crippen LogP contribution in [0.25, 0.3) is 0 Å². The third-order valence-corrected chi connectivity index (χ3v) is 5.14. The first-order valence-electron chi connectivity index (χ1n) is 7.34. The molecule has 1 aliphatic carbocycles. The van der Waals surface area contributed by atoms with Crippen molar-refractivity contribution in [2.75, 3.05) is 13.2 Å². The Labute approximate surface area is 135 Å². The first-order valence-corrected chi connectivity index (χ1v) is 8.71. The maximum atomic E-state index is 10.7. The van der Waals surface area contributed by atoms with Crippen molar-refractivity contribution in [3.63, 3.8) is 0 Å². The molecule has 1 rings (SSSR count). The van der Waals surface area contributed by atoms with Crippen molar-refractivity contribution < 1.29 is 42.7 Å². The summed E-state index contributed by atoms with van der Waals surface area (Å²) in [5.41, 5.74) is -0.707. The first kappa shape index (κ1) is 20.7. The lowest BCUT2D eigenvalue weighted by molar-refractivity contribution is -0.0421. The third-order valence-electron chi connectivity index (χ3n) is 4.65. The predicted octanol–water partition coefficient (Wildman–Crippen LogP) is -1.71. The largest absolute Gasteiger partial charge is 0.397 e. The van der Waals surface area contributed by atoms with Gasteiger partial charge in [0.05, 0.1) is 24.9 Å². The molecule has 6 N–H and O–H groups in total. The summed E-state index contributed by atoms with van der Waals surface area (Å²) in [6.45, 7) is 2.30. The molecule has 0 saturated heterocycles. The maximum Gasteiger partial charge on any atom is 0.397 e. The second-order valence-corrected chi connectivity index (χ2v) is 7.80. The number of hydrogen-bond acceptors (Lipinski definition) is 8. The van der Waals surface area contributed by atoms with Crippen LogP contribution in [-0.2, 0) is 14.6 Å². The Kier molecular flexibility index (Phi) is 6.94. The molecule has 0 amide bonds. The van der Waals surface area contributed by atoms with Gasteiger partial charge in [-0.15, -0.1) is 0 Å². The molecule has 9 nitrogen and oxygen atoms in total. The predicted molar refractivity (Wildman–Crippen MR) is 78.6 cm³/mol. The van der Waals surface area contributed by atoms with Crippen LogP contribution in [0.2, 0.25) is 0 Å². The molecule has 138 valence electrons. The van der Waals surface area contributed by atoms with Gasteiger partial charge in [0, 0.05) is 12.5 Å². The van der Waals surface area contributed by atoms with E-state index in [1.54, 1.807) is 13.8 Å². The summed E-state index contributed by atoms with van der Waals surface area (Å²) in [7, 11) is -4.83. The monoisotopic (exact) mass is 358 g/mol. The maximum absolute atomic E-state index is 10.7. The molecule has 6 atom stereocenters. The van der Waals surface area contributed by atoms with Crippen LogP contribution in [0.4, 0.5) is 0 Å². The van der Waals surface area contributed by atoms with Gasteiger partial charge >= 0.3 is 10.4 Å². The molecular formula is C13H26O9S. The Morgan fingerprint density at radius 1 is 1.26 bits per heavy atom. The SMILES string of the molecule is CC(C)(CC(O)C(CO)OS(=O)(=O)O)C1CC(O)[C@@H](O)[C@H]1CO. The van der Waals surface area contributed by atoms with Crippen molar-refractivity contribution in [2.45, 2.75) is 51.1 Å². The summed E-state index contributed by atoms with van der Waals surface area (Å²) in [6, 6.07) is 0. The van der Waals surface area contributed by atoms with Crippen molar-refractivity contribution >= 4 is 10.4 Å². The van der Waals surface area contributed by atoms with Gasteiger partial charge in [0.25, 0.3) is 0 Å². The Bertz CT molecular complexity index is 478. The second kappa shape index (κ2) is 7.70. The number of aliphatic hydroxyl groups is 5. The molecule has 1 saturated carbocycles. The van der Waals surface area contributed by atoms with Crippen molar-refractivity contribution in [3.8, 4) is 0 Å². The highest BCUT2D eigenvalue weighted by atomic mass is 32.3. The minimum absolute atomic E-state index is 0.0334. The summed E-state index contributed by atoms with van der Waals surface area (Å²) in [4.78, 5) is 0. The van der Waals surface area contributed by atoms with E-state index in [2.05, 4.69) is 4.18 Å². The van der Waals surface area contributed by atoms with Crippen LogP contribution in [0.1, 0.15) is 26.7 Å². The van der Waals surface area contributed by atoms with Crippen molar-refractivity contribution in [1.29, 1.82) is 0 Å². The van der Waals surface area contributed by atoms with Gasteiger partial charge in [-0.3, -0.25) is 4.55 Å². The van der Waals surface area contributed by atoms with Gasteiger partial charge in [-0.05, 0) is 24.2 Å². The van der Waals surface area contributed by atoms with Gasteiger partial charge in [-0.25, -0.2) is 4.18 Å². The first-order chi connectivity index (χ1) is 10.4. The summed E-state index contributed by atoms with van der Waals surface area (Å²) < 4.78 is 34.3. The van der Waals surface area contributed by atoms with E-state index in [0.29, 0.717) is 0 Å². The zero-order valence-electron chi connectivity index (χ0n) is 13.1. The van der Waals surface area contributed by atoms with Crippen LogP contribution >= 0.6 is 0 Å². The fourth-order valence-corrected chi connectivity index (χ4v) is 3.93. The molecule has 0 spiro atoms. The van der Waals surface area contributed by atoms with Gasteiger partial charge < -0.3 is 25.5 Å². The smallest absolute Gasteiger partial charge is 0.396 e. The fraction of sp³-hybridized carbons (Fsp3) is 1.00. The normalized spacial score (nSPS) is 32.0. The molecule has 4 unspecified atom stereocenters. The van der Waals surface area contributed by atoms with Crippen LogP contribution in [0.15, 0.2) is 0 Å². The van der Waals surface area contributed by atoms with E-state index < -0.39 is 52.8 Å². The average Bonchev–Trinajstić information content (AvgIpc) is 2.71. The minimum Gasteiger partial charge on any atom is -0.396 e. The number of rotatable bonds is 8. The minimum atomic E-state index is -4.83. The van der Waals surface area contributed by atoms with E-state index in [1.807, 2.05) is 0 Å². The highest BCUT2D eigenvalue weighted by molar-refractivity contribution is 7.80. The summed E-state index contributed by atoms with van der Waals surface area (Å²) >= 11 is 0. The van der Waals surface area contributed by atoms with E-state index in [1.165, 1.54) is 0 Å². The molecule has 0 bridgehead atoms. The van der Waals surface area contributed by atoms with Crippen molar-refractivity contribution in [3.05, 3.63) is 0 Å². The molecule has 0 radical (unpaired) electrons. The van der Waals surface area contributed by atoms with Crippen LogP contribution < -0.4 is 0 Å². The Morgan fingerprint density at radius 3 is 2.26 bits per heavy atom. The zero-order valence-corrected chi connectivity index (χ0v) is 13.9. The summed E-state index contributed by atoms with van der Waals surface area (Å²) in [5, 5.41) is 48.3. The standard InChI is InChI=1S/C13H26O9S/c1-13(2,8-3-9(16)12(18)7(8)5-14)4-10(17)11(6-15)22-23(19,20)21/h7-12,14-18H,3-6H2,1-2H3,(H,19,20,21)/t7-,8?,9?,10?,11?,12-/m0/s1. The number of aliphatic hydroxyl groups excluding tert-OH is 5. The van der Waals surface area contributed by atoms with Gasteiger partial charge in [0.2, 0.25) is 0 Å². The molecular weight excluding hydrogens is 332 g/mol. The molecule has 0 heterocycles. The van der Waals surface area contributed by atoms with E-state index in [-0.39, 0.29) is 25.4 Å². The highest BCUT2D eigenvalue weighted by Gasteiger charge is 2.48. The van der Waals surface area contributed by atoms with Gasteiger partial charge in [-0.1, -0.05) is 13.8 Å². The number of hydrogen-bond donors (Lipinski definition) is 6. The molecule has 23 heavy (non-hydrogen) atoms. The topological polar surface area (TPSA) is 165 Å². The highest BCUT2D eigenvalue weighted by Crippen LogP contribution is 2.46. The van der Waals surface area contributed by atoms with E-state index in [9.17, 15) is 28.8 Å². The van der Waals surface area contributed by atoms with E-state index in [0.717, 1.165) is 0 Å². The van der Waals surface area contributed by atoms with Gasteiger partial charge in [0.1, 0.15) is 6.10 Å². The van der Waals surface area contributed by atoms with Crippen molar-refractivity contribution in [2.24, 2.45) is 17.3 Å². The quantitative estimate of drug-likeness (QED) is 0.277. The van der Waals surface area contributed by atoms with E-state index in [4.69, 9.17) is 9.66 Å². The molecule has 10 heteroatoms. The van der Waals surface area contributed by atoms with Crippen LogP contribution in [-0.4, -0.2) is 76.1 Å². The molecule has 0 aromatic carbocycles. The molecule has 1 fully saturated rings. The van der Waals surface area contributed by atoms with Gasteiger partial charge in [-0.2, -0.15) is 8.42 Å². The molecule has 0 aromatic rings. The van der Waals surface area contributed by atoms with E-state index >= 15 is 0 Å². The summed E-state index contributed by atoms with van der Waals surface area (Å²) in [5.74, 6) is -0.917. The van der Waals surface area contributed by atoms with Crippen LogP contribution in [0.3, 0.4) is 0 Å². The van der Waals surface area contributed by atoms with Crippen LogP contribution in [0, 0.1) is 17.3 Å². The lowest BCUT2D eigenvalue weighted by atomic mass is 9.69. The van der Waals surface area contributed by atoms with Crippen LogP contribution in [0.5, 0.6) is 0 Å². The Morgan fingerprint density at radius 2 is 1.83 bits per heavy atom. The lowest BCUT2D eigenvalue weighted by Gasteiger charge is -2.38. The lowest BCUT2D eigenvalue weighted by Crippen LogP contribution is -2.41. The van der Waals surface area contributed by atoms with Gasteiger partial charge in [0.15, 0.2) is 0 Å². The van der Waals surface area contributed by atoms with Crippen molar-refractivity contribution in [1.82, 2.24) is 0 Å². The Hall–Kier alpha value is -0.330.